The maximum atomic E-state index is 12.7. The molecule has 0 aromatic heterocycles. The molecule has 0 saturated carbocycles. The minimum Gasteiger partial charge on any atom is -0.507 e. The number of anilines is 1. The van der Waals surface area contributed by atoms with Crippen LogP contribution in [0.2, 0.25) is 0 Å². The minimum absolute atomic E-state index is 0.200. The number of phenols is 1. The predicted octanol–water partition coefficient (Wildman–Crippen LogP) is 2.46. The van der Waals surface area contributed by atoms with E-state index in [1.165, 1.54) is 12.1 Å². The van der Waals surface area contributed by atoms with Gasteiger partial charge in [-0.25, -0.2) is 13.2 Å². The van der Waals surface area contributed by atoms with Crippen LogP contribution in [0.25, 0.3) is 0 Å². The standard InChI is InChI=1S/C19H22N2O6S/c1-4-21(5-2)18(23)13-7-6-8-14(11-13)20-28(25,26)15-9-10-17(22)16(12-15)19(24)27-3/h6-12,20,22H,4-5H2,1-3H3. The van der Waals surface area contributed by atoms with Gasteiger partial charge in [-0.05, 0) is 50.2 Å². The smallest absolute Gasteiger partial charge is 0.341 e. The molecule has 0 radical (unpaired) electrons. The number of benzene rings is 2. The molecule has 0 aliphatic heterocycles. The van der Waals surface area contributed by atoms with E-state index in [1.54, 1.807) is 17.0 Å². The number of rotatable bonds is 7. The van der Waals surface area contributed by atoms with E-state index in [9.17, 15) is 23.1 Å². The van der Waals surface area contributed by atoms with Crippen molar-refractivity contribution < 1.29 is 27.9 Å². The second kappa shape index (κ2) is 8.75. The highest BCUT2D eigenvalue weighted by molar-refractivity contribution is 7.92. The SMILES string of the molecule is CCN(CC)C(=O)c1cccc(NS(=O)(=O)c2ccc(O)c(C(=O)OC)c2)c1. The summed E-state index contributed by atoms with van der Waals surface area (Å²) < 4.78 is 32.2. The van der Waals surface area contributed by atoms with Gasteiger partial charge in [0.2, 0.25) is 0 Å². The molecule has 2 aromatic rings. The van der Waals surface area contributed by atoms with Crippen LogP contribution < -0.4 is 4.72 Å². The molecule has 0 aliphatic rings. The second-order valence-electron chi connectivity index (χ2n) is 5.83. The third-order valence-electron chi connectivity index (χ3n) is 4.10. The van der Waals surface area contributed by atoms with Crippen LogP contribution >= 0.6 is 0 Å². The lowest BCUT2D eigenvalue weighted by molar-refractivity contribution is 0.0596. The first-order valence-electron chi connectivity index (χ1n) is 8.57. The summed E-state index contributed by atoms with van der Waals surface area (Å²) in [4.78, 5) is 25.5. The summed E-state index contributed by atoms with van der Waals surface area (Å²) in [6.45, 7) is 4.79. The first-order chi connectivity index (χ1) is 13.2. The van der Waals surface area contributed by atoms with Crippen LogP contribution in [0.5, 0.6) is 5.75 Å². The van der Waals surface area contributed by atoms with Gasteiger partial charge in [0.05, 0.1) is 12.0 Å². The van der Waals surface area contributed by atoms with Gasteiger partial charge >= 0.3 is 5.97 Å². The van der Waals surface area contributed by atoms with E-state index in [1.807, 2.05) is 13.8 Å². The highest BCUT2D eigenvalue weighted by atomic mass is 32.2. The Morgan fingerprint density at radius 3 is 2.39 bits per heavy atom. The van der Waals surface area contributed by atoms with Crippen LogP contribution in [0.4, 0.5) is 5.69 Å². The molecule has 0 spiro atoms. The minimum atomic E-state index is -4.06. The van der Waals surface area contributed by atoms with Gasteiger partial charge in [0.25, 0.3) is 15.9 Å². The van der Waals surface area contributed by atoms with Crippen LogP contribution in [-0.4, -0.2) is 50.5 Å². The number of methoxy groups -OCH3 is 1. The van der Waals surface area contributed by atoms with E-state index in [-0.39, 0.29) is 22.1 Å². The van der Waals surface area contributed by atoms with Crippen molar-refractivity contribution in [1.82, 2.24) is 4.90 Å². The molecule has 2 aromatic carbocycles. The molecule has 8 nitrogen and oxygen atoms in total. The third-order valence-corrected chi connectivity index (χ3v) is 5.47. The monoisotopic (exact) mass is 406 g/mol. The molecule has 0 saturated heterocycles. The van der Waals surface area contributed by atoms with Crippen molar-refractivity contribution in [3.05, 3.63) is 53.6 Å². The molecule has 2 rings (SSSR count). The summed E-state index contributed by atoms with van der Waals surface area (Å²) in [7, 11) is -2.94. The first kappa shape index (κ1) is 21.2. The summed E-state index contributed by atoms with van der Waals surface area (Å²) >= 11 is 0. The Labute approximate surface area is 163 Å². The van der Waals surface area contributed by atoms with Gasteiger partial charge in [-0.3, -0.25) is 9.52 Å². The molecular formula is C19H22N2O6S. The summed E-state index contributed by atoms with van der Waals surface area (Å²) in [6, 6.07) is 9.42. The van der Waals surface area contributed by atoms with Gasteiger partial charge in [-0.15, -0.1) is 0 Å². The highest BCUT2D eigenvalue weighted by Crippen LogP contribution is 2.24. The van der Waals surface area contributed by atoms with Gasteiger partial charge in [-0.1, -0.05) is 6.07 Å². The number of carbonyl (C=O) groups is 2. The Morgan fingerprint density at radius 2 is 1.79 bits per heavy atom. The Kier molecular flexibility index (Phi) is 6.63. The summed E-state index contributed by atoms with van der Waals surface area (Å²) in [5.74, 6) is -1.46. The van der Waals surface area contributed by atoms with Crippen molar-refractivity contribution in [3.63, 3.8) is 0 Å². The molecule has 150 valence electrons. The first-order valence-corrected chi connectivity index (χ1v) is 10.0. The molecular weight excluding hydrogens is 384 g/mol. The van der Waals surface area contributed by atoms with Crippen molar-refractivity contribution >= 4 is 27.6 Å². The number of aromatic hydroxyl groups is 1. The number of hydrogen-bond donors (Lipinski definition) is 2. The average molecular weight is 406 g/mol. The average Bonchev–Trinajstić information content (AvgIpc) is 2.68. The third kappa shape index (κ3) is 4.61. The van der Waals surface area contributed by atoms with Crippen molar-refractivity contribution in [2.24, 2.45) is 0 Å². The van der Waals surface area contributed by atoms with Gasteiger partial charge in [0, 0.05) is 24.3 Å². The van der Waals surface area contributed by atoms with Crippen molar-refractivity contribution in [3.8, 4) is 5.75 Å². The molecule has 9 heteroatoms. The zero-order valence-corrected chi connectivity index (χ0v) is 16.6. The topological polar surface area (TPSA) is 113 Å². The summed E-state index contributed by atoms with van der Waals surface area (Å²) in [5.41, 5.74) is 0.284. The van der Waals surface area contributed by atoms with Gasteiger partial charge in [0.15, 0.2) is 0 Å². The maximum absolute atomic E-state index is 12.7. The molecule has 0 heterocycles. The van der Waals surface area contributed by atoms with E-state index in [0.29, 0.717) is 18.7 Å². The van der Waals surface area contributed by atoms with Gasteiger partial charge < -0.3 is 14.7 Å². The van der Waals surface area contributed by atoms with Crippen LogP contribution in [-0.2, 0) is 14.8 Å². The fourth-order valence-corrected chi connectivity index (χ4v) is 3.65. The number of sulfonamides is 1. The van der Waals surface area contributed by atoms with Gasteiger partial charge in [0.1, 0.15) is 11.3 Å². The number of hydrogen-bond acceptors (Lipinski definition) is 6. The van der Waals surface area contributed by atoms with Crippen LogP contribution in [0.3, 0.4) is 0 Å². The highest BCUT2D eigenvalue weighted by Gasteiger charge is 2.20. The lowest BCUT2D eigenvalue weighted by Crippen LogP contribution is -2.30. The molecule has 0 aliphatic carbocycles. The lowest BCUT2D eigenvalue weighted by Gasteiger charge is -2.19. The van der Waals surface area contributed by atoms with Gasteiger partial charge in [-0.2, -0.15) is 0 Å². The zero-order valence-electron chi connectivity index (χ0n) is 15.8. The fourth-order valence-electron chi connectivity index (χ4n) is 2.58. The number of esters is 1. The van der Waals surface area contributed by atoms with Crippen LogP contribution in [0, 0.1) is 0 Å². The number of nitrogens with one attached hydrogen (secondary N) is 1. The van der Waals surface area contributed by atoms with Crippen molar-refractivity contribution in [2.45, 2.75) is 18.7 Å². The summed E-state index contributed by atoms with van der Waals surface area (Å²) in [6.07, 6.45) is 0. The molecule has 1 amide bonds. The summed E-state index contributed by atoms with van der Waals surface area (Å²) in [5, 5.41) is 9.73. The normalized spacial score (nSPS) is 11.0. The maximum Gasteiger partial charge on any atom is 0.341 e. The van der Waals surface area contributed by atoms with E-state index >= 15 is 0 Å². The quantitative estimate of drug-likeness (QED) is 0.683. The predicted molar refractivity (Wildman–Crippen MR) is 104 cm³/mol. The van der Waals surface area contributed by atoms with Crippen LogP contribution in [0.15, 0.2) is 47.4 Å². The number of ether oxygens (including phenoxy) is 1. The van der Waals surface area contributed by atoms with Crippen LogP contribution in [0.1, 0.15) is 34.6 Å². The number of carbonyl (C=O) groups excluding carboxylic acids is 2. The van der Waals surface area contributed by atoms with E-state index < -0.39 is 21.7 Å². The van der Waals surface area contributed by atoms with Crippen molar-refractivity contribution in [1.29, 1.82) is 0 Å². The number of phenolic OH excluding ortho intramolecular Hbond substituents is 1. The largest absolute Gasteiger partial charge is 0.507 e. The van der Waals surface area contributed by atoms with E-state index in [2.05, 4.69) is 9.46 Å². The Bertz CT molecular complexity index is 984. The second-order valence-corrected chi connectivity index (χ2v) is 7.52. The molecule has 0 unspecified atom stereocenters. The Hall–Kier alpha value is -3.07. The lowest BCUT2D eigenvalue weighted by atomic mass is 10.2. The Morgan fingerprint density at radius 1 is 1.11 bits per heavy atom. The molecule has 0 atom stereocenters. The zero-order chi connectivity index (χ0) is 20.9. The fraction of sp³-hybridized carbons (Fsp3) is 0.263. The molecule has 0 fully saturated rings. The molecule has 0 bridgehead atoms. The van der Waals surface area contributed by atoms with E-state index in [4.69, 9.17) is 0 Å². The van der Waals surface area contributed by atoms with Crippen molar-refractivity contribution in [2.75, 3.05) is 24.9 Å². The van der Waals surface area contributed by atoms with E-state index in [0.717, 1.165) is 25.3 Å². The number of nitrogens with zero attached hydrogens (tertiary/aromatic N) is 1. The Balaban J connectivity index is 2.34. The number of amides is 1. The molecule has 2 N–H and O–H groups in total. The molecule has 28 heavy (non-hydrogen) atoms.